The van der Waals surface area contributed by atoms with E-state index in [1.807, 2.05) is 78.9 Å². The van der Waals surface area contributed by atoms with E-state index >= 15 is 0 Å². The summed E-state index contributed by atoms with van der Waals surface area (Å²) in [6.07, 6.45) is 2.08. The number of nitrogens with zero attached hydrogens (tertiary/aromatic N) is 1. The zero-order valence-electron chi connectivity index (χ0n) is 17.0. The monoisotopic (exact) mass is 402 g/mol. The van der Waals surface area contributed by atoms with E-state index in [4.69, 9.17) is 0 Å². The molecule has 0 saturated carbocycles. The van der Waals surface area contributed by atoms with Crippen LogP contribution in [0.25, 0.3) is 0 Å². The summed E-state index contributed by atoms with van der Waals surface area (Å²) in [4.78, 5) is 17.1. The van der Waals surface area contributed by atoms with Gasteiger partial charge < -0.3 is 5.32 Å². The van der Waals surface area contributed by atoms with Crippen LogP contribution in [0.5, 0.6) is 0 Å². The summed E-state index contributed by atoms with van der Waals surface area (Å²) in [6, 6.07) is 33.5. The molecule has 1 N–H and O–H groups in total. The number of pyridine rings is 1. The fourth-order valence-electron chi connectivity index (χ4n) is 3.44. The van der Waals surface area contributed by atoms with Gasteiger partial charge >= 0.3 is 0 Å². The molecule has 3 nitrogen and oxygen atoms in total. The van der Waals surface area contributed by atoms with Gasteiger partial charge in [-0.1, -0.05) is 78.7 Å². The maximum atomic E-state index is 12.9. The summed E-state index contributed by atoms with van der Waals surface area (Å²) in [5.74, 6) is 6.11. The van der Waals surface area contributed by atoms with Gasteiger partial charge in [-0.2, -0.15) is 0 Å². The van der Waals surface area contributed by atoms with Crippen molar-refractivity contribution < 1.29 is 4.79 Å². The molecular weight excluding hydrogens is 380 g/mol. The molecule has 1 amide bonds. The quantitative estimate of drug-likeness (QED) is 0.439. The Morgan fingerprint density at radius 2 is 1.45 bits per heavy atom. The summed E-state index contributed by atoms with van der Waals surface area (Å²) in [7, 11) is 0. The van der Waals surface area contributed by atoms with Gasteiger partial charge in [0.05, 0.1) is 0 Å². The first-order valence-corrected chi connectivity index (χ1v) is 10.2. The van der Waals surface area contributed by atoms with Crippen LogP contribution in [0.4, 0.5) is 5.69 Å². The first kappa shape index (κ1) is 20.1. The molecule has 0 radical (unpaired) electrons. The number of hydrogen-bond acceptors (Lipinski definition) is 2. The highest BCUT2D eigenvalue weighted by Crippen LogP contribution is 2.28. The molecule has 0 atom stereocenters. The van der Waals surface area contributed by atoms with E-state index in [0.29, 0.717) is 12.1 Å². The molecule has 0 unspecified atom stereocenters. The highest BCUT2D eigenvalue weighted by molar-refractivity contribution is 5.91. The molecule has 4 rings (SSSR count). The molecule has 1 heterocycles. The number of amides is 1. The van der Waals surface area contributed by atoms with E-state index in [9.17, 15) is 4.79 Å². The van der Waals surface area contributed by atoms with E-state index in [0.717, 1.165) is 22.4 Å². The fraction of sp³-hybridized carbons (Fsp3) is 0.0714. The Kier molecular flexibility index (Phi) is 6.52. The van der Waals surface area contributed by atoms with Crippen LogP contribution in [0.2, 0.25) is 0 Å². The average molecular weight is 402 g/mol. The van der Waals surface area contributed by atoms with Crippen LogP contribution < -0.4 is 5.32 Å². The van der Waals surface area contributed by atoms with E-state index in [2.05, 4.69) is 46.4 Å². The number of rotatable bonds is 5. The van der Waals surface area contributed by atoms with Gasteiger partial charge in [-0.05, 0) is 47.4 Å². The molecule has 3 aromatic carbocycles. The first-order valence-electron chi connectivity index (χ1n) is 10.2. The molecule has 0 fully saturated rings. The van der Waals surface area contributed by atoms with Crippen LogP contribution in [0, 0.1) is 11.8 Å². The molecule has 31 heavy (non-hydrogen) atoms. The number of carbonyl (C=O) groups excluding carboxylic acids is 1. The molecular formula is C28H22N2O. The number of carbonyl (C=O) groups is 1. The maximum absolute atomic E-state index is 12.9. The van der Waals surface area contributed by atoms with Crippen molar-refractivity contribution in [2.75, 3.05) is 5.32 Å². The molecule has 0 bridgehead atoms. The lowest BCUT2D eigenvalue weighted by molar-refractivity contribution is -0.116. The summed E-state index contributed by atoms with van der Waals surface area (Å²) < 4.78 is 0. The Morgan fingerprint density at radius 3 is 2.10 bits per heavy atom. The van der Waals surface area contributed by atoms with E-state index in [-0.39, 0.29) is 11.8 Å². The lowest BCUT2D eigenvalue weighted by atomic mass is 9.88. The minimum absolute atomic E-state index is 0.00507. The second-order valence-electron chi connectivity index (χ2n) is 7.17. The van der Waals surface area contributed by atoms with Crippen molar-refractivity contribution >= 4 is 11.6 Å². The minimum Gasteiger partial charge on any atom is -0.326 e. The van der Waals surface area contributed by atoms with Gasteiger partial charge in [0.1, 0.15) is 5.69 Å². The van der Waals surface area contributed by atoms with Gasteiger partial charge in [-0.3, -0.25) is 4.79 Å². The van der Waals surface area contributed by atoms with Gasteiger partial charge in [0.25, 0.3) is 0 Å². The molecule has 150 valence electrons. The van der Waals surface area contributed by atoms with Crippen LogP contribution in [-0.4, -0.2) is 10.9 Å². The molecule has 0 aliphatic carbocycles. The van der Waals surface area contributed by atoms with Crippen LogP contribution >= 0.6 is 0 Å². The molecule has 1 aromatic heterocycles. The Bertz CT molecular complexity index is 1150. The highest BCUT2D eigenvalue weighted by Gasteiger charge is 2.18. The second kappa shape index (κ2) is 10.0. The van der Waals surface area contributed by atoms with E-state index in [1.54, 1.807) is 6.20 Å². The summed E-state index contributed by atoms with van der Waals surface area (Å²) in [6.45, 7) is 0. The topological polar surface area (TPSA) is 42.0 Å². The molecule has 3 heteroatoms. The minimum atomic E-state index is -0.0347. The van der Waals surface area contributed by atoms with Crippen LogP contribution in [0.3, 0.4) is 0 Å². The van der Waals surface area contributed by atoms with Gasteiger partial charge in [-0.25, -0.2) is 4.98 Å². The average Bonchev–Trinajstić information content (AvgIpc) is 2.83. The van der Waals surface area contributed by atoms with Crippen molar-refractivity contribution in [1.82, 2.24) is 4.98 Å². The molecule has 0 spiro atoms. The number of anilines is 1. The third-order valence-corrected chi connectivity index (χ3v) is 4.94. The van der Waals surface area contributed by atoms with Crippen molar-refractivity contribution in [2.24, 2.45) is 0 Å². The third kappa shape index (κ3) is 5.68. The molecule has 0 saturated heterocycles. The second-order valence-corrected chi connectivity index (χ2v) is 7.17. The van der Waals surface area contributed by atoms with Crippen LogP contribution in [0.15, 0.2) is 109 Å². The van der Waals surface area contributed by atoms with E-state index in [1.165, 1.54) is 0 Å². The highest BCUT2D eigenvalue weighted by atomic mass is 16.1. The summed E-state index contributed by atoms with van der Waals surface area (Å²) >= 11 is 0. The predicted molar refractivity (Wildman–Crippen MR) is 125 cm³/mol. The standard InChI is InChI=1S/C28H22N2O/c31-28(21-27(23-11-3-1-4-12-23)24-13-5-2-6-14-24)30-26-16-9-10-22(20-26)17-18-25-15-7-8-19-29-25/h1-16,19-20,27H,21H2,(H,30,31). The fourth-order valence-corrected chi connectivity index (χ4v) is 3.44. The number of hydrogen-bond donors (Lipinski definition) is 1. The Hall–Kier alpha value is -4.16. The Balaban J connectivity index is 1.49. The van der Waals surface area contributed by atoms with Crippen LogP contribution in [0.1, 0.15) is 34.7 Å². The zero-order valence-corrected chi connectivity index (χ0v) is 17.0. The van der Waals surface area contributed by atoms with Gasteiger partial charge in [-0.15, -0.1) is 0 Å². The summed E-state index contributed by atoms with van der Waals surface area (Å²) in [5.41, 5.74) is 4.52. The zero-order chi connectivity index (χ0) is 21.3. The number of benzene rings is 3. The Labute approximate surface area is 182 Å². The molecule has 0 aliphatic rings. The van der Waals surface area contributed by atoms with Crippen LogP contribution in [-0.2, 0) is 4.79 Å². The lowest BCUT2D eigenvalue weighted by Crippen LogP contribution is -2.16. The van der Waals surface area contributed by atoms with Crippen molar-refractivity contribution in [1.29, 1.82) is 0 Å². The van der Waals surface area contributed by atoms with Crippen molar-refractivity contribution in [3.05, 3.63) is 132 Å². The summed E-state index contributed by atoms with van der Waals surface area (Å²) in [5, 5.41) is 3.03. The number of aromatic nitrogens is 1. The van der Waals surface area contributed by atoms with E-state index < -0.39 is 0 Å². The van der Waals surface area contributed by atoms with Crippen molar-refractivity contribution in [2.45, 2.75) is 12.3 Å². The predicted octanol–water partition coefficient (Wildman–Crippen LogP) is 5.64. The van der Waals surface area contributed by atoms with Gasteiger partial charge in [0.2, 0.25) is 5.91 Å². The maximum Gasteiger partial charge on any atom is 0.225 e. The Morgan fingerprint density at radius 1 is 0.774 bits per heavy atom. The number of nitrogens with one attached hydrogen (secondary N) is 1. The normalized spacial score (nSPS) is 10.2. The SMILES string of the molecule is O=C(CC(c1ccccc1)c1ccccc1)Nc1cccc(C#Cc2ccccn2)c1. The molecule has 4 aromatic rings. The lowest BCUT2D eigenvalue weighted by Gasteiger charge is -2.18. The molecule has 0 aliphatic heterocycles. The van der Waals surface area contributed by atoms with Gasteiger partial charge in [0, 0.05) is 29.8 Å². The van der Waals surface area contributed by atoms with Crippen molar-refractivity contribution in [3.63, 3.8) is 0 Å². The third-order valence-electron chi connectivity index (χ3n) is 4.94. The van der Waals surface area contributed by atoms with Gasteiger partial charge in [0.15, 0.2) is 0 Å². The largest absolute Gasteiger partial charge is 0.326 e. The van der Waals surface area contributed by atoms with Crippen molar-refractivity contribution in [3.8, 4) is 11.8 Å². The first-order chi connectivity index (χ1) is 15.3. The smallest absolute Gasteiger partial charge is 0.225 e.